The molecule has 0 aliphatic carbocycles. The van der Waals surface area contributed by atoms with Crippen molar-refractivity contribution >= 4 is 17.9 Å². The highest BCUT2D eigenvalue weighted by Gasteiger charge is 2.20. The molecular weight excluding hydrogens is 1020 g/mol. The first-order chi connectivity index (χ1) is 41.0. The van der Waals surface area contributed by atoms with E-state index < -0.39 is 6.10 Å². The fourth-order valence-corrected chi connectivity index (χ4v) is 11.5. The van der Waals surface area contributed by atoms with Crippen LogP contribution in [-0.2, 0) is 28.6 Å². The standard InChI is InChI=1S/C77H144O6/c1-4-7-10-13-16-19-22-25-28-30-32-34-36-37-38-39-40-41-42-44-45-47-49-52-55-58-61-64-67-70-76(79)82-73-74(72-81-75(78)69-66-63-60-57-54-51-27-24-21-18-15-12-9-6-3)83-77(80)71-68-65-62-59-56-53-50-48-46-43-35-33-31-29-26-23-20-17-14-11-8-5-2/h22,25,30,32,36-37,74H,4-21,23-24,26-29,31,33-35,38-73H2,1-3H3/b25-22-,32-30-,37-36-. The maximum Gasteiger partial charge on any atom is 0.306 e. The summed E-state index contributed by atoms with van der Waals surface area (Å²) in [4.78, 5) is 38.5. The smallest absolute Gasteiger partial charge is 0.306 e. The van der Waals surface area contributed by atoms with Crippen LogP contribution >= 0.6 is 0 Å². The van der Waals surface area contributed by atoms with E-state index in [0.717, 1.165) is 70.6 Å². The third-order valence-corrected chi connectivity index (χ3v) is 17.1. The van der Waals surface area contributed by atoms with Crippen molar-refractivity contribution in [3.05, 3.63) is 36.5 Å². The molecule has 0 radical (unpaired) electrons. The molecule has 0 aliphatic rings. The van der Waals surface area contributed by atoms with Gasteiger partial charge in [0, 0.05) is 19.3 Å². The largest absolute Gasteiger partial charge is 0.462 e. The molecule has 0 saturated carbocycles. The van der Waals surface area contributed by atoms with Gasteiger partial charge in [-0.25, -0.2) is 0 Å². The number of unbranched alkanes of at least 4 members (excludes halogenated alkanes) is 53. The fraction of sp³-hybridized carbons (Fsp3) is 0.883. The molecule has 0 rings (SSSR count). The van der Waals surface area contributed by atoms with E-state index in [1.165, 1.54) is 308 Å². The Labute approximate surface area is 518 Å². The van der Waals surface area contributed by atoms with Crippen molar-refractivity contribution < 1.29 is 28.6 Å². The van der Waals surface area contributed by atoms with Crippen molar-refractivity contribution in [2.45, 2.75) is 425 Å². The predicted octanol–water partition coefficient (Wildman–Crippen LogP) is 25.9. The molecule has 0 amide bonds. The van der Waals surface area contributed by atoms with Crippen molar-refractivity contribution in [2.75, 3.05) is 13.2 Å². The van der Waals surface area contributed by atoms with Gasteiger partial charge in [0.1, 0.15) is 13.2 Å². The highest BCUT2D eigenvalue weighted by atomic mass is 16.6. The van der Waals surface area contributed by atoms with Crippen LogP contribution in [0.1, 0.15) is 419 Å². The maximum atomic E-state index is 13.0. The number of carbonyl (C=O) groups is 3. The molecule has 0 N–H and O–H groups in total. The molecule has 0 bridgehead atoms. The molecule has 1 unspecified atom stereocenters. The minimum absolute atomic E-state index is 0.0648. The monoisotopic (exact) mass is 1170 g/mol. The summed E-state index contributed by atoms with van der Waals surface area (Å²) >= 11 is 0. The lowest BCUT2D eigenvalue weighted by molar-refractivity contribution is -0.167. The van der Waals surface area contributed by atoms with Gasteiger partial charge in [-0.05, 0) is 57.8 Å². The summed E-state index contributed by atoms with van der Waals surface area (Å²) in [6.45, 7) is 6.72. The molecule has 0 heterocycles. The Morgan fingerprint density at radius 1 is 0.241 bits per heavy atom. The van der Waals surface area contributed by atoms with Gasteiger partial charge in [0.25, 0.3) is 0 Å². The number of hydrogen-bond donors (Lipinski definition) is 0. The average Bonchev–Trinajstić information content (AvgIpc) is 3.49. The molecule has 0 spiro atoms. The Morgan fingerprint density at radius 2 is 0.434 bits per heavy atom. The normalized spacial score (nSPS) is 12.2. The summed E-state index contributed by atoms with van der Waals surface area (Å²) in [5.41, 5.74) is 0. The molecule has 0 saturated heterocycles. The molecule has 488 valence electrons. The van der Waals surface area contributed by atoms with Gasteiger partial charge in [0.2, 0.25) is 0 Å². The van der Waals surface area contributed by atoms with E-state index >= 15 is 0 Å². The Bertz CT molecular complexity index is 1380. The van der Waals surface area contributed by atoms with E-state index in [-0.39, 0.29) is 31.1 Å². The van der Waals surface area contributed by atoms with Crippen LogP contribution in [0.25, 0.3) is 0 Å². The van der Waals surface area contributed by atoms with Gasteiger partial charge in [-0.3, -0.25) is 14.4 Å². The van der Waals surface area contributed by atoms with Crippen molar-refractivity contribution in [3.8, 4) is 0 Å². The topological polar surface area (TPSA) is 78.9 Å². The first-order valence-electron chi connectivity index (χ1n) is 37.5. The Morgan fingerprint density at radius 3 is 0.675 bits per heavy atom. The Hall–Kier alpha value is -2.37. The summed E-state index contributed by atoms with van der Waals surface area (Å²) in [5, 5.41) is 0. The fourth-order valence-electron chi connectivity index (χ4n) is 11.5. The molecule has 0 aromatic rings. The van der Waals surface area contributed by atoms with E-state index in [1.807, 2.05) is 0 Å². The maximum absolute atomic E-state index is 13.0. The molecule has 0 fully saturated rings. The van der Waals surface area contributed by atoms with Crippen LogP contribution in [-0.4, -0.2) is 37.2 Å². The minimum atomic E-state index is -0.769. The summed E-state index contributed by atoms with van der Waals surface area (Å²) in [6.07, 6.45) is 90.4. The molecular formula is C77H144O6. The van der Waals surface area contributed by atoms with E-state index in [4.69, 9.17) is 14.2 Å². The van der Waals surface area contributed by atoms with Crippen LogP contribution in [0.5, 0.6) is 0 Å². The van der Waals surface area contributed by atoms with E-state index in [1.54, 1.807) is 0 Å². The van der Waals surface area contributed by atoms with Crippen LogP contribution in [0.2, 0.25) is 0 Å². The van der Waals surface area contributed by atoms with Gasteiger partial charge in [-0.1, -0.05) is 378 Å². The van der Waals surface area contributed by atoms with E-state index in [9.17, 15) is 14.4 Å². The van der Waals surface area contributed by atoms with Crippen molar-refractivity contribution in [1.82, 2.24) is 0 Å². The number of carbonyl (C=O) groups excluding carboxylic acids is 3. The van der Waals surface area contributed by atoms with E-state index in [2.05, 4.69) is 57.2 Å². The van der Waals surface area contributed by atoms with Gasteiger partial charge in [0.05, 0.1) is 0 Å². The number of esters is 3. The molecule has 1 atom stereocenters. The third kappa shape index (κ3) is 70.3. The first-order valence-corrected chi connectivity index (χ1v) is 37.5. The number of ether oxygens (including phenoxy) is 3. The lowest BCUT2D eigenvalue weighted by Crippen LogP contribution is -2.30. The van der Waals surface area contributed by atoms with Crippen LogP contribution in [0, 0.1) is 0 Å². The highest BCUT2D eigenvalue weighted by Crippen LogP contribution is 2.19. The van der Waals surface area contributed by atoms with Gasteiger partial charge in [0.15, 0.2) is 6.10 Å². The zero-order chi connectivity index (χ0) is 59.9. The SMILES string of the molecule is CCCCCCC/C=C\C/C=C\C/C=C\CCCCCCCCCCCCCCCCC(=O)OCC(COC(=O)CCCCCCCCCCCCCCCC)OC(=O)CCCCCCCCCCCCCCCCCCCCCCCC. The summed E-state index contributed by atoms with van der Waals surface area (Å²) in [7, 11) is 0. The third-order valence-electron chi connectivity index (χ3n) is 17.1. The van der Waals surface area contributed by atoms with Gasteiger partial charge in [-0.15, -0.1) is 0 Å². The second-order valence-electron chi connectivity index (χ2n) is 25.6. The minimum Gasteiger partial charge on any atom is -0.462 e. The number of allylic oxidation sites excluding steroid dienone is 6. The average molecular weight is 1170 g/mol. The summed E-state index contributed by atoms with van der Waals surface area (Å²) in [5.74, 6) is -0.831. The Balaban J connectivity index is 4.21. The van der Waals surface area contributed by atoms with Gasteiger partial charge >= 0.3 is 17.9 Å². The first kappa shape index (κ1) is 80.6. The molecule has 0 aromatic heterocycles. The van der Waals surface area contributed by atoms with Gasteiger partial charge < -0.3 is 14.2 Å². The zero-order valence-corrected chi connectivity index (χ0v) is 56.2. The lowest BCUT2D eigenvalue weighted by Gasteiger charge is -2.18. The van der Waals surface area contributed by atoms with Crippen molar-refractivity contribution in [1.29, 1.82) is 0 Å². The second-order valence-corrected chi connectivity index (χ2v) is 25.6. The summed E-state index contributed by atoms with van der Waals surface area (Å²) < 4.78 is 17.0. The molecule has 83 heavy (non-hydrogen) atoms. The number of hydrogen-bond acceptors (Lipinski definition) is 6. The zero-order valence-electron chi connectivity index (χ0n) is 56.2. The molecule has 0 aromatic carbocycles. The van der Waals surface area contributed by atoms with Crippen LogP contribution in [0.3, 0.4) is 0 Å². The second kappa shape index (κ2) is 72.1. The Kier molecular flexibility index (Phi) is 70.0. The van der Waals surface area contributed by atoms with Gasteiger partial charge in [-0.2, -0.15) is 0 Å². The predicted molar refractivity (Wildman–Crippen MR) is 362 cm³/mol. The lowest BCUT2D eigenvalue weighted by atomic mass is 10.0. The quantitative estimate of drug-likeness (QED) is 0.0261. The highest BCUT2D eigenvalue weighted by molar-refractivity contribution is 5.71. The molecule has 6 nitrogen and oxygen atoms in total. The van der Waals surface area contributed by atoms with Crippen molar-refractivity contribution in [3.63, 3.8) is 0 Å². The van der Waals surface area contributed by atoms with E-state index in [0.29, 0.717) is 19.3 Å². The number of rotatable bonds is 70. The molecule has 0 aliphatic heterocycles. The van der Waals surface area contributed by atoms with Crippen LogP contribution < -0.4 is 0 Å². The van der Waals surface area contributed by atoms with Crippen LogP contribution in [0.4, 0.5) is 0 Å². The summed E-state index contributed by atoms with van der Waals surface area (Å²) in [6, 6.07) is 0. The van der Waals surface area contributed by atoms with Crippen molar-refractivity contribution in [2.24, 2.45) is 0 Å². The van der Waals surface area contributed by atoms with Crippen LogP contribution in [0.15, 0.2) is 36.5 Å². The molecule has 6 heteroatoms.